The monoisotopic (exact) mass is 715 g/mol. The van der Waals surface area contributed by atoms with E-state index in [-0.39, 0.29) is 41.3 Å². The number of rotatable bonds is 10. The van der Waals surface area contributed by atoms with E-state index in [0.29, 0.717) is 90.0 Å². The van der Waals surface area contributed by atoms with Crippen LogP contribution in [0.2, 0.25) is 0 Å². The van der Waals surface area contributed by atoms with Crippen LogP contribution in [-0.4, -0.2) is 83.1 Å². The molecule has 1 unspecified atom stereocenters. The number of methoxy groups -OCH3 is 1. The van der Waals surface area contributed by atoms with E-state index in [1.165, 1.54) is 23.8 Å². The number of nitrogens with one attached hydrogen (secondary N) is 3. The van der Waals surface area contributed by atoms with E-state index in [2.05, 4.69) is 25.7 Å². The minimum absolute atomic E-state index is 0.0855. The van der Waals surface area contributed by atoms with Gasteiger partial charge in [0.1, 0.15) is 34.7 Å². The number of Topliss-reactive ketones (excluding diaryl/α,β-unsaturated/α-hetero) is 1. The van der Waals surface area contributed by atoms with E-state index < -0.39 is 17.8 Å². The van der Waals surface area contributed by atoms with Crippen LogP contribution >= 0.6 is 0 Å². The molecule has 2 aromatic carbocycles. The third kappa shape index (κ3) is 7.29. The number of carbonyl (C=O) groups is 3. The van der Waals surface area contributed by atoms with Gasteiger partial charge in [0.15, 0.2) is 0 Å². The highest BCUT2D eigenvalue weighted by Gasteiger charge is 2.30. The number of nitrogens with zero attached hydrogens (tertiary/aromatic N) is 4. The number of anilines is 2. The van der Waals surface area contributed by atoms with Gasteiger partial charge in [0, 0.05) is 60.9 Å². The van der Waals surface area contributed by atoms with Crippen LogP contribution in [0.3, 0.4) is 0 Å². The number of imide groups is 1. The first kappa shape index (κ1) is 35.3. The molecule has 3 saturated heterocycles. The van der Waals surface area contributed by atoms with E-state index in [4.69, 9.17) is 4.74 Å². The maximum Gasteiger partial charge on any atom is 0.276 e. The SMILES string of the molecule is COc1cc(-c2cn(C)c(=O)c3[nH]ncc23)cc(F)c1CC1CCN(CC(=O)C2CCN(c3ccc(NC4CCC(=O)NC4=O)cc3F)CC2)CC1. The Balaban J connectivity index is 0.896. The molecular weight excluding hydrogens is 672 g/mol. The normalized spacial score (nSPS) is 19.2. The molecule has 1 atom stereocenters. The molecule has 14 heteroatoms. The highest BCUT2D eigenvalue weighted by molar-refractivity contribution is 6.01. The van der Waals surface area contributed by atoms with Crippen LogP contribution in [0, 0.1) is 23.5 Å². The summed E-state index contributed by atoms with van der Waals surface area (Å²) in [5, 5.41) is 12.7. The lowest BCUT2D eigenvalue weighted by molar-refractivity contribution is -0.133. The zero-order chi connectivity index (χ0) is 36.5. The number of halogens is 2. The van der Waals surface area contributed by atoms with Crippen molar-refractivity contribution in [1.29, 1.82) is 0 Å². The van der Waals surface area contributed by atoms with Crippen molar-refractivity contribution >= 4 is 39.9 Å². The van der Waals surface area contributed by atoms with E-state index in [1.54, 1.807) is 31.6 Å². The number of benzene rings is 2. The lowest BCUT2D eigenvalue weighted by atomic mass is 9.87. The molecule has 3 aliphatic heterocycles. The lowest BCUT2D eigenvalue weighted by Gasteiger charge is -2.35. The summed E-state index contributed by atoms with van der Waals surface area (Å²) in [5.74, 6) is -0.656. The Morgan fingerprint density at radius 2 is 1.77 bits per heavy atom. The lowest BCUT2D eigenvalue weighted by Crippen LogP contribution is -2.47. The van der Waals surface area contributed by atoms with Crippen molar-refractivity contribution in [1.82, 2.24) is 25.0 Å². The molecule has 7 rings (SSSR count). The van der Waals surface area contributed by atoms with Gasteiger partial charge < -0.3 is 19.5 Å². The van der Waals surface area contributed by atoms with E-state index >= 15 is 8.78 Å². The van der Waals surface area contributed by atoms with Crippen LogP contribution in [0.25, 0.3) is 22.0 Å². The molecule has 2 amide bonds. The van der Waals surface area contributed by atoms with Crippen molar-refractivity contribution in [3.8, 4) is 16.9 Å². The minimum Gasteiger partial charge on any atom is -0.496 e. The molecule has 4 aromatic rings. The standard InChI is InChI=1S/C38H43F2N7O5/c1-45-20-28(27-19-41-44-36(27)38(45)51)24-16-29(39)26(34(17-24)52-2)15-22-7-11-46(12-8-22)21-33(48)23-9-13-47(14-10-23)32-5-3-25(18-30(32)40)42-31-4-6-35(49)43-37(31)50/h3,5,16-20,22-23,31,42H,4,6-15,21H2,1-2H3,(H,41,44)(H,43,49,50). The van der Waals surface area contributed by atoms with Gasteiger partial charge >= 0.3 is 0 Å². The Labute approximate surface area is 299 Å². The first-order valence-corrected chi connectivity index (χ1v) is 17.9. The summed E-state index contributed by atoms with van der Waals surface area (Å²) in [7, 11) is 3.18. The Morgan fingerprint density at radius 3 is 2.48 bits per heavy atom. The van der Waals surface area contributed by atoms with Gasteiger partial charge in [0.05, 0.1) is 25.5 Å². The number of hydrogen-bond donors (Lipinski definition) is 3. The van der Waals surface area contributed by atoms with Gasteiger partial charge in [-0.3, -0.25) is 34.5 Å². The maximum absolute atomic E-state index is 15.7. The molecule has 0 saturated carbocycles. The zero-order valence-electron chi connectivity index (χ0n) is 29.3. The number of aryl methyl sites for hydroxylation is 1. The number of H-pyrrole nitrogens is 1. The van der Waals surface area contributed by atoms with Crippen LogP contribution < -0.4 is 25.8 Å². The van der Waals surface area contributed by atoms with Gasteiger partial charge in [-0.2, -0.15) is 5.10 Å². The Bertz CT molecular complexity index is 2060. The molecule has 3 fully saturated rings. The summed E-state index contributed by atoms with van der Waals surface area (Å²) >= 11 is 0. The Hall–Kier alpha value is -5.11. The number of pyridine rings is 1. The van der Waals surface area contributed by atoms with Crippen molar-refractivity contribution < 1.29 is 27.9 Å². The second-order valence-electron chi connectivity index (χ2n) is 14.2. The van der Waals surface area contributed by atoms with Crippen LogP contribution in [0.5, 0.6) is 5.75 Å². The van der Waals surface area contributed by atoms with Crippen LogP contribution in [0.1, 0.15) is 44.1 Å². The van der Waals surface area contributed by atoms with Gasteiger partial charge in [-0.25, -0.2) is 8.78 Å². The summed E-state index contributed by atoms with van der Waals surface area (Å²) in [6.45, 7) is 3.00. The first-order valence-electron chi connectivity index (χ1n) is 17.9. The zero-order valence-corrected chi connectivity index (χ0v) is 29.3. The van der Waals surface area contributed by atoms with Gasteiger partial charge in [0.25, 0.3) is 5.56 Å². The summed E-state index contributed by atoms with van der Waals surface area (Å²) in [6.07, 6.45) is 7.32. The number of carbonyl (C=O) groups excluding carboxylic acids is 3. The predicted octanol–water partition coefficient (Wildman–Crippen LogP) is 4.17. The first-order chi connectivity index (χ1) is 25.1. The smallest absolute Gasteiger partial charge is 0.276 e. The Kier molecular flexibility index (Phi) is 10.1. The number of amides is 2. The molecule has 12 nitrogen and oxygen atoms in total. The van der Waals surface area contributed by atoms with Gasteiger partial charge in [-0.05, 0) is 93.4 Å². The number of hydrogen-bond acceptors (Lipinski definition) is 9. The average molecular weight is 716 g/mol. The number of aromatic amines is 1. The van der Waals surface area contributed by atoms with Crippen molar-refractivity contribution in [3.05, 3.63) is 70.3 Å². The molecule has 0 bridgehead atoms. The second kappa shape index (κ2) is 14.9. The maximum atomic E-state index is 15.7. The molecule has 52 heavy (non-hydrogen) atoms. The average Bonchev–Trinajstić information content (AvgIpc) is 3.63. The number of fused-ring (bicyclic) bond motifs is 1. The second-order valence-corrected chi connectivity index (χ2v) is 14.2. The van der Waals surface area contributed by atoms with Gasteiger partial charge in [-0.15, -0.1) is 0 Å². The van der Waals surface area contributed by atoms with E-state index in [1.807, 2.05) is 11.0 Å². The Morgan fingerprint density at radius 1 is 1.00 bits per heavy atom. The topological polar surface area (TPSA) is 142 Å². The van der Waals surface area contributed by atoms with E-state index in [0.717, 1.165) is 25.9 Å². The van der Waals surface area contributed by atoms with Crippen molar-refractivity contribution in [3.63, 3.8) is 0 Å². The summed E-state index contributed by atoms with van der Waals surface area (Å²) < 4.78 is 38.0. The number of aromatic nitrogens is 3. The number of piperidine rings is 3. The van der Waals surface area contributed by atoms with Crippen LogP contribution in [0.4, 0.5) is 20.2 Å². The molecular formula is C38H43F2N7O5. The quantitative estimate of drug-likeness (QED) is 0.206. The van der Waals surface area contributed by atoms with Crippen molar-refractivity contribution in [2.24, 2.45) is 18.9 Å². The molecule has 3 N–H and O–H groups in total. The molecule has 2 aromatic heterocycles. The molecule has 5 heterocycles. The summed E-state index contributed by atoms with van der Waals surface area (Å²) in [5.41, 5.74) is 2.89. The fraction of sp³-hybridized carbons (Fsp3) is 0.447. The fourth-order valence-corrected chi connectivity index (χ4v) is 7.84. The largest absolute Gasteiger partial charge is 0.496 e. The highest BCUT2D eigenvalue weighted by Crippen LogP contribution is 2.36. The van der Waals surface area contributed by atoms with Crippen molar-refractivity contribution in [2.75, 3.05) is 50.1 Å². The molecule has 0 aliphatic carbocycles. The minimum atomic E-state index is -0.588. The molecule has 0 radical (unpaired) electrons. The molecule has 3 aliphatic rings. The number of likely N-dealkylation sites (tertiary alicyclic amines) is 1. The number of ether oxygens (including phenoxy) is 1. The fourth-order valence-electron chi connectivity index (χ4n) is 7.84. The summed E-state index contributed by atoms with van der Waals surface area (Å²) in [6, 6.07) is 7.51. The van der Waals surface area contributed by atoms with E-state index in [9.17, 15) is 19.2 Å². The molecule has 274 valence electrons. The number of ketones is 1. The summed E-state index contributed by atoms with van der Waals surface area (Å²) in [4.78, 5) is 53.4. The molecule has 0 spiro atoms. The predicted molar refractivity (Wildman–Crippen MR) is 192 cm³/mol. The van der Waals surface area contributed by atoms with Gasteiger partial charge in [0.2, 0.25) is 11.8 Å². The third-order valence-corrected chi connectivity index (χ3v) is 10.9. The van der Waals surface area contributed by atoms with Gasteiger partial charge in [-0.1, -0.05) is 0 Å². The van der Waals surface area contributed by atoms with Crippen LogP contribution in [-0.2, 0) is 27.9 Å². The third-order valence-electron chi connectivity index (χ3n) is 10.9. The van der Waals surface area contributed by atoms with Crippen molar-refractivity contribution in [2.45, 2.75) is 51.0 Å². The highest BCUT2D eigenvalue weighted by atomic mass is 19.1. The van der Waals surface area contributed by atoms with Crippen LogP contribution in [0.15, 0.2) is 47.5 Å².